The second kappa shape index (κ2) is 5.80. The molecule has 0 atom stereocenters. The molecule has 0 saturated carbocycles. The molecule has 1 heterocycles. The summed E-state index contributed by atoms with van der Waals surface area (Å²) in [5, 5.41) is 0.0649. The monoisotopic (exact) mass is 455 g/mol. The molecule has 0 spiro atoms. The summed E-state index contributed by atoms with van der Waals surface area (Å²) in [6.07, 6.45) is 1.98. The number of hydrogen-bond donors (Lipinski definition) is 2. The zero-order valence-electron chi connectivity index (χ0n) is 9.94. The number of sulfonamides is 1. The van der Waals surface area contributed by atoms with Crippen molar-refractivity contribution in [1.82, 2.24) is 9.97 Å². The molecule has 0 amide bonds. The van der Waals surface area contributed by atoms with Crippen molar-refractivity contribution in [2.75, 3.05) is 4.72 Å². The lowest BCUT2D eigenvalue weighted by atomic mass is 10.3. The van der Waals surface area contributed by atoms with Crippen LogP contribution in [0.1, 0.15) is 12.7 Å². The van der Waals surface area contributed by atoms with E-state index in [1.54, 1.807) is 12.1 Å². The van der Waals surface area contributed by atoms with E-state index in [2.05, 4.69) is 53.2 Å². The topological polar surface area (TPSA) is 74.8 Å². The van der Waals surface area contributed by atoms with Gasteiger partial charge in [-0.3, -0.25) is 4.72 Å². The first-order valence-electron chi connectivity index (χ1n) is 5.44. The maximum atomic E-state index is 12.2. The van der Waals surface area contributed by atoms with E-state index >= 15 is 0 Å². The van der Waals surface area contributed by atoms with Gasteiger partial charge in [-0.1, -0.05) is 6.92 Å². The molecule has 0 bridgehead atoms. The van der Waals surface area contributed by atoms with E-state index in [1.165, 1.54) is 6.20 Å². The molecule has 1 aromatic carbocycles. The van der Waals surface area contributed by atoms with Crippen LogP contribution in [0.2, 0.25) is 0 Å². The molecule has 0 unspecified atom stereocenters. The van der Waals surface area contributed by atoms with E-state index in [4.69, 9.17) is 0 Å². The molecular formula is C11H11BrIN3O2S. The number of hydrogen-bond acceptors (Lipinski definition) is 3. The smallest absolute Gasteiger partial charge is 0.279 e. The molecule has 2 rings (SSSR count). The third-order valence-electron chi connectivity index (χ3n) is 2.40. The highest BCUT2D eigenvalue weighted by atomic mass is 127. The van der Waals surface area contributed by atoms with Crippen molar-refractivity contribution in [3.63, 3.8) is 0 Å². The number of nitrogens with zero attached hydrogens (tertiary/aromatic N) is 1. The molecule has 0 aliphatic carbocycles. The molecule has 0 radical (unpaired) electrons. The molecule has 0 aliphatic heterocycles. The summed E-state index contributed by atoms with van der Waals surface area (Å²) < 4.78 is 28.5. The van der Waals surface area contributed by atoms with Crippen LogP contribution < -0.4 is 4.72 Å². The number of aromatic amines is 1. The van der Waals surface area contributed by atoms with Crippen LogP contribution in [-0.4, -0.2) is 18.4 Å². The first kappa shape index (κ1) is 14.8. The number of imidazole rings is 1. The number of halogens is 2. The number of benzene rings is 1. The van der Waals surface area contributed by atoms with Crippen molar-refractivity contribution in [3.8, 4) is 0 Å². The molecule has 19 heavy (non-hydrogen) atoms. The lowest BCUT2D eigenvalue weighted by Crippen LogP contribution is -2.14. The minimum Gasteiger partial charge on any atom is -0.332 e. The van der Waals surface area contributed by atoms with Crippen molar-refractivity contribution in [1.29, 1.82) is 0 Å². The Morgan fingerprint density at radius 3 is 2.84 bits per heavy atom. The molecule has 2 N–H and O–H groups in total. The van der Waals surface area contributed by atoms with Crippen molar-refractivity contribution < 1.29 is 8.42 Å². The Balaban J connectivity index is 2.33. The van der Waals surface area contributed by atoms with Gasteiger partial charge in [-0.05, 0) is 56.7 Å². The van der Waals surface area contributed by atoms with Gasteiger partial charge in [0.1, 0.15) is 5.82 Å². The second-order valence-corrected chi connectivity index (χ2v) is 7.53. The zero-order valence-corrected chi connectivity index (χ0v) is 14.5. The number of H-pyrrole nitrogens is 1. The van der Waals surface area contributed by atoms with E-state index in [0.717, 1.165) is 3.57 Å². The van der Waals surface area contributed by atoms with Crippen LogP contribution in [0.15, 0.2) is 33.9 Å². The normalized spacial score (nSPS) is 11.5. The Hall–Kier alpha value is -0.610. The molecule has 0 saturated heterocycles. The van der Waals surface area contributed by atoms with E-state index in [-0.39, 0.29) is 5.03 Å². The summed E-state index contributed by atoms with van der Waals surface area (Å²) in [6, 6.07) is 5.43. The van der Waals surface area contributed by atoms with Gasteiger partial charge >= 0.3 is 0 Å². The van der Waals surface area contributed by atoms with E-state index in [9.17, 15) is 8.42 Å². The SMILES string of the molecule is CCc1ncc(S(=O)(=O)Nc2cc(I)ccc2Br)[nH]1. The molecule has 2 aromatic rings. The molecule has 102 valence electrons. The third kappa shape index (κ3) is 3.48. The Kier molecular flexibility index (Phi) is 4.51. The van der Waals surface area contributed by atoms with E-state index in [0.29, 0.717) is 22.4 Å². The fraction of sp³-hybridized carbons (Fsp3) is 0.182. The summed E-state index contributed by atoms with van der Waals surface area (Å²) in [4.78, 5) is 6.77. The minimum absolute atomic E-state index is 0.0649. The Labute approximate surface area is 133 Å². The highest BCUT2D eigenvalue weighted by Crippen LogP contribution is 2.26. The van der Waals surface area contributed by atoms with Crippen LogP contribution in [0.4, 0.5) is 5.69 Å². The van der Waals surface area contributed by atoms with Crippen molar-refractivity contribution in [2.45, 2.75) is 18.4 Å². The van der Waals surface area contributed by atoms with Crippen LogP contribution in [0.25, 0.3) is 0 Å². The fourth-order valence-corrected chi connectivity index (χ4v) is 3.42. The largest absolute Gasteiger partial charge is 0.332 e. The lowest BCUT2D eigenvalue weighted by Gasteiger charge is -2.08. The molecular weight excluding hydrogens is 445 g/mol. The van der Waals surface area contributed by atoms with Crippen LogP contribution in [-0.2, 0) is 16.4 Å². The van der Waals surface area contributed by atoms with Crippen molar-refractivity contribution in [2.24, 2.45) is 0 Å². The van der Waals surface area contributed by atoms with Crippen LogP contribution in [0, 0.1) is 3.57 Å². The first-order chi connectivity index (χ1) is 8.92. The van der Waals surface area contributed by atoms with Gasteiger partial charge in [0.2, 0.25) is 0 Å². The van der Waals surface area contributed by atoms with E-state index < -0.39 is 10.0 Å². The number of aromatic nitrogens is 2. The zero-order chi connectivity index (χ0) is 14.0. The van der Waals surface area contributed by atoms with Gasteiger partial charge in [-0.25, -0.2) is 4.98 Å². The van der Waals surface area contributed by atoms with Gasteiger partial charge in [-0.15, -0.1) is 0 Å². The number of anilines is 1. The average Bonchev–Trinajstić information content (AvgIpc) is 2.83. The van der Waals surface area contributed by atoms with Crippen molar-refractivity contribution >= 4 is 54.2 Å². The molecule has 0 fully saturated rings. The van der Waals surface area contributed by atoms with Crippen LogP contribution in [0.3, 0.4) is 0 Å². The molecule has 8 heteroatoms. The third-order valence-corrected chi connectivity index (χ3v) is 5.04. The quantitative estimate of drug-likeness (QED) is 0.695. The Bertz CT molecular complexity index is 700. The maximum absolute atomic E-state index is 12.2. The minimum atomic E-state index is -3.64. The Morgan fingerprint density at radius 2 is 2.21 bits per heavy atom. The number of rotatable bonds is 4. The summed E-state index contributed by atoms with van der Waals surface area (Å²) >= 11 is 5.44. The predicted molar refractivity (Wildman–Crippen MR) is 85.6 cm³/mol. The second-order valence-electron chi connectivity index (χ2n) is 3.78. The van der Waals surface area contributed by atoms with Gasteiger partial charge in [0.05, 0.1) is 11.9 Å². The van der Waals surface area contributed by atoms with Crippen LogP contribution in [0.5, 0.6) is 0 Å². The Morgan fingerprint density at radius 1 is 1.47 bits per heavy atom. The summed E-state index contributed by atoms with van der Waals surface area (Å²) in [6.45, 7) is 1.90. The van der Waals surface area contributed by atoms with Gasteiger partial charge in [0.25, 0.3) is 10.0 Å². The number of aryl methyl sites for hydroxylation is 1. The van der Waals surface area contributed by atoms with E-state index in [1.807, 2.05) is 13.0 Å². The maximum Gasteiger partial charge on any atom is 0.279 e. The summed E-state index contributed by atoms with van der Waals surface area (Å²) in [7, 11) is -3.64. The lowest BCUT2D eigenvalue weighted by molar-refractivity contribution is 0.598. The van der Waals surface area contributed by atoms with Gasteiger partial charge < -0.3 is 4.98 Å². The predicted octanol–water partition coefficient (Wildman–Crippen LogP) is 3.14. The van der Waals surface area contributed by atoms with Crippen LogP contribution >= 0.6 is 38.5 Å². The molecule has 0 aliphatic rings. The first-order valence-corrected chi connectivity index (χ1v) is 8.79. The summed E-state index contributed by atoms with van der Waals surface area (Å²) in [5.74, 6) is 0.641. The standard InChI is InChI=1S/C11H11BrIN3O2S/c1-2-10-14-6-11(15-10)19(17,18)16-9-5-7(13)3-4-8(9)12/h3-6,16H,2H2,1H3,(H,14,15). The van der Waals surface area contributed by atoms with Crippen molar-refractivity contribution in [3.05, 3.63) is 38.3 Å². The average molecular weight is 456 g/mol. The molecule has 5 nitrogen and oxygen atoms in total. The van der Waals surface area contributed by atoms with Gasteiger partial charge in [0, 0.05) is 14.5 Å². The highest BCUT2D eigenvalue weighted by Gasteiger charge is 2.18. The van der Waals surface area contributed by atoms with Gasteiger partial charge in [-0.2, -0.15) is 8.42 Å². The molecule has 1 aromatic heterocycles. The summed E-state index contributed by atoms with van der Waals surface area (Å²) in [5.41, 5.74) is 0.500. The van der Waals surface area contributed by atoms with Gasteiger partial charge in [0.15, 0.2) is 5.03 Å². The fourth-order valence-electron chi connectivity index (χ4n) is 1.43. The highest BCUT2D eigenvalue weighted by molar-refractivity contribution is 14.1. The number of nitrogens with one attached hydrogen (secondary N) is 2.